The van der Waals surface area contributed by atoms with E-state index in [1.54, 1.807) is 0 Å². The standard InChI is InChI=1S/C33H33N5O/c1-5-25-13-15-26(16-14-25)31-30-12-9-17-36(30)32-29(24(4)35-38(32)28-10-7-6-8-11-28)21-37(31)33(39)34-27-19-22(2)18-23(3)20-27/h6-20,31H,5,21H2,1-4H3,(H,34,39)/t31-/m0/s1. The monoisotopic (exact) mass is 515 g/mol. The largest absolute Gasteiger partial charge is 0.322 e. The van der Waals surface area contributed by atoms with E-state index in [1.807, 2.05) is 60.7 Å². The van der Waals surface area contributed by atoms with Gasteiger partial charge in [-0.1, -0.05) is 55.5 Å². The van der Waals surface area contributed by atoms with Crippen molar-refractivity contribution < 1.29 is 4.79 Å². The second-order valence-corrected chi connectivity index (χ2v) is 10.4. The first-order valence-electron chi connectivity index (χ1n) is 13.5. The fraction of sp³-hybridized carbons (Fsp3) is 0.212. The Morgan fingerprint density at radius 3 is 2.33 bits per heavy atom. The van der Waals surface area contributed by atoms with Gasteiger partial charge in [-0.3, -0.25) is 0 Å². The predicted octanol–water partition coefficient (Wildman–Crippen LogP) is 7.29. The second kappa shape index (κ2) is 9.95. The molecule has 3 aromatic carbocycles. The number of nitrogens with one attached hydrogen (secondary N) is 1. The maximum atomic E-state index is 14.2. The van der Waals surface area contributed by atoms with Gasteiger partial charge in [-0.05, 0) is 85.8 Å². The van der Waals surface area contributed by atoms with Crippen LogP contribution in [-0.4, -0.2) is 25.3 Å². The van der Waals surface area contributed by atoms with Crippen molar-refractivity contribution in [1.82, 2.24) is 19.2 Å². The maximum absolute atomic E-state index is 14.2. The lowest BCUT2D eigenvalue weighted by Crippen LogP contribution is -2.38. The van der Waals surface area contributed by atoms with Crippen molar-refractivity contribution in [3.05, 3.63) is 130 Å². The molecule has 0 fully saturated rings. The second-order valence-electron chi connectivity index (χ2n) is 10.4. The van der Waals surface area contributed by atoms with Gasteiger partial charge < -0.3 is 14.8 Å². The molecule has 6 nitrogen and oxygen atoms in total. The summed E-state index contributed by atoms with van der Waals surface area (Å²) < 4.78 is 4.20. The van der Waals surface area contributed by atoms with Gasteiger partial charge in [-0.2, -0.15) is 5.10 Å². The zero-order valence-electron chi connectivity index (χ0n) is 22.8. The summed E-state index contributed by atoms with van der Waals surface area (Å²) in [5.74, 6) is 0.968. The Hall–Kier alpha value is -4.58. The summed E-state index contributed by atoms with van der Waals surface area (Å²) in [7, 11) is 0. The molecular weight excluding hydrogens is 482 g/mol. The lowest BCUT2D eigenvalue weighted by molar-refractivity contribution is 0.194. The van der Waals surface area contributed by atoms with E-state index in [9.17, 15) is 4.79 Å². The van der Waals surface area contributed by atoms with Crippen LogP contribution < -0.4 is 5.32 Å². The van der Waals surface area contributed by atoms with Crippen LogP contribution in [0.1, 0.15) is 52.2 Å². The van der Waals surface area contributed by atoms with Crippen LogP contribution in [0.15, 0.2) is 91.1 Å². The minimum atomic E-state index is -0.284. The number of hydrogen-bond donors (Lipinski definition) is 1. The van der Waals surface area contributed by atoms with Crippen molar-refractivity contribution in [2.45, 2.75) is 46.7 Å². The topological polar surface area (TPSA) is 55.1 Å². The number of rotatable bonds is 4. The Balaban J connectivity index is 1.52. The summed E-state index contributed by atoms with van der Waals surface area (Å²) in [5.41, 5.74) is 9.31. The van der Waals surface area contributed by atoms with E-state index in [1.165, 1.54) is 5.56 Å². The average Bonchev–Trinajstić information content (AvgIpc) is 3.49. The van der Waals surface area contributed by atoms with Crippen LogP contribution >= 0.6 is 0 Å². The summed E-state index contributed by atoms with van der Waals surface area (Å²) >= 11 is 0. The molecule has 0 bridgehead atoms. The normalized spacial score (nSPS) is 14.5. The Kier molecular flexibility index (Phi) is 6.31. The number of para-hydroxylation sites is 1. The maximum Gasteiger partial charge on any atom is 0.322 e. The van der Waals surface area contributed by atoms with Crippen LogP contribution in [0.2, 0.25) is 0 Å². The number of amides is 2. The molecule has 196 valence electrons. The molecule has 39 heavy (non-hydrogen) atoms. The molecule has 0 aliphatic carbocycles. The molecular formula is C33H33N5O. The minimum absolute atomic E-state index is 0.142. The molecule has 6 heteroatoms. The Morgan fingerprint density at radius 2 is 1.64 bits per heavy atom. The third-order valence-electron chi connectivity index (χ3n) is 7.52. The number of nitrogens with zero attached hydrogens (tertiary/aromatic N) is 4. The molecule has 1 aliphatic heterocycles. The van der Waals surface area contributed by atoms with Gasteiger partial charge in [0.15, 0.2) is 0 Å². The molecule has 0 saturated heterocycles. The molecule has 1 atom stereocenters. The zero-order valence-corrected chi connectivity index (χ0v) is 22.8. The molecule has 1 N–H and O–H groups in total. The molecule has 1 aliphatic rings. The Morgan fingerprint density at radius 1 is 0.923 bits per heavy atom. The summed E-state index contributed by atoms with van der Waals surface area (Å²) in [6, 6.07) is 28.7. The van der Waals surface area contributed by atoms with Gasteiger partial charge >= 0.3 is 6.03 Å². The number of fused-ring (bicyclic) bond motifs is 3. The van der Waals surface area contributed by atoms with E-state index in [2.05, 4.69) is 77.6 Å². The highest BCUT2D eigenvalue weighted by Gasteiger charge is 2.36. The lowest BCUT2D eigenvalue weighted by atomic mass is 9.99. The van der Waals surface area contributed by atoms with Crippen LogP contribution in [-0.2, 0) is 13.0 Å². The zero-order chi connectivity index (χ0) is 27.1. The number of aromatic nitrogens is 3. The van der Waals surface area contributed by atoms with Crippen LogP contribution in [0.25, 0.3) is 11.5 Å². The summed E-state index contributed by atoms with van der Waals surface area (Å²) in [4.78, 5) is 16.1. The Bertz CT molecular complexity index is 1630. The van der Waals surface area contributed by atoms with Crippen molar-refractivity contribution in [1.29, 1.82) is 0 Å². The predicted molar refractivity (Wildman–Crippen MR) is 156 cm³/mol. The van der Waals surface area contributed by atoms with Crippen molar-refractivity contribution in [2.24, 2.45) is 0 Å². The number of anilines is 1. The van der Waals surface area contributed by atoms with E-state index >= 15 is 0 Å². The molecule has 0 radical (unpaired) electrons. The van der Waals surface area contributed by atoms with Crippen molar-refractivity contribution in [2.75, 3.05) is 5.32 Å². The average molecular weight is 516 g/mol. The highest BCUT2D eigenvalue weighted by molar-refractivity contribution is 5.90. The van der Waals surface area contributed by atoms with E-state index < -0.39 is 0 Å². The lowest BCUT2D eigenvalue weighted by Gasteiger charge is -2.31. The summed E-state index contributed by atoms with van der Waals surface area (Å²) in [6.45, 7) is 8.70. The Labute approximate surface area is 229 Å². The smallest absolute Gasteiger partial charge is 0.308 e. The third-order valence-corrected chi connectivity index (χ3v) is 7.52. The van der Waals surface area contributed by atoms with E-state index in [0.717, 1.165) is 57.3 Å². The molecule has 2 aromatic heterocycles. The molecule has 6 rings (SSSR count). The van der Waals surface area contributed by atoms with E-state index in [-0.39, 0.29) is 12.1 Å². The van der Waals surface area contributed by atoms with Crippen molar-refractivity contribution in [3.63, 3.8) is 0 Å². The minimum Gasteiger partial charge on any atom is -0.308 e. The van der Waals surface area contributed by atoms with Crippen LogP contribution in [0, 0.1) is 20.8 Å². The molecule has 3 heterocycles. The van der Waals surface area contributed by atoms with Gasteiger partial charge in [0.05, 0.1) is 29.7 Å². The van der Waals surface area contributed by atoms with Crippen LogP contribution in [0.4, 0.5) is 10.5 Å². The first-order valence-corrected chi connectivity index (χ1v) is 13.5. The molecule has 0 saturated carbocycles. The number of urea groups is 1. The molecule has 2 amide bonds. The first kappa shape index (κ1) is 24.7. The molecule has 0 spiro atoms. The molecule has 0 unspecified atom stereocenters. The summed E-state index contributed by atoms with van der Waals surface area (Å²) in [5, 5.41) is 8.15. The van der Waals surface area contributed by atoms with Crippen LogP contribution in [0.3, 0.4) is 0 Å². The number of carbonyl (C=O) groups is 1. The van der Waals surface area contributed by atoms with Gasteiger partial charge in [-0.25, -0.2) is 9.48 Å². The van der Waals surface area contributed by atoms with Gasteiger partial charge in [-0.15, -0.1) is 0 Å². The summed E-state index contributed by atoms with van der Waals surface area (Å²) in [6.07, 6.45) is 3.04. The van der Waals surface area contributed by atoms with Gasteiger partial charge in [0, 0.05) is 17.4 Å². The van der Waals surface area contributed by atoms with Gasteiger partial charge in [0.2, 0.25) is 0 Å². The van der Waals surface area contributed by atoms with Crippen molar-refractivity contribution >= 4 is 11.7 Å². The van der Waals surface area contributed by atoms with Gasteiger partial charge in [0.25, 0.3) is 0 Å². The number of carbonyl (C=O) groups excluding carboxylic acids is 1. The quantitative estimate of drug-likeness (QED) is 0.273. The highest BCUT2D eigenvalue weighted by Crippen LogP contribution is 2.39. The van der Waals surface area contributed by atoms with Crippen LogP contribution in [0.5, 0.6) is 0 Å². The first-order chi connectivity index (χ1) is 18.9. The molecule has 5 aromatic rings. The fourth-order valence-corrected chi connectivity index (χ4v) is 5.68. The highest BCUT2D eigenvalue weighted by atomic mass is 16.2. The van der Waals surface area contributed by atoms with E-state index in [4.69, 9.17) is 5.10 Å². The van der Waals surface area contributed by atoms with Crippen molar-refractivity contribution in [3.8, 4) is 11.5 Å². The fourth-order valence-electron chi connectivity index (χ4n) is 5.68. The third kappa shape index (κ3) is 4.52. The SMILES string of the molecule is CCc1ccc([C@H]2c3cccn3-c3c(c(C)nn3-c3ccccc3)CN2C(=O)Nc2cc(C)cc(C)c2)cc1. The number of benzene rings is 3. The van der Waals surface area contributed by atoms with Gasteiger partial charge in [0.1, 0.15) is 5.82 Å². The number of hydrogen-bond acceptors (Lipinski definition) is 2. The van der Waals surface area contributed by atoms with E-state index in [0.29, 0.717) is 6.54 Å². The number of aryl methyl sites for hydroxylation is 4.